The van der Waals surface area contributed by atoms with E-state index in [0.717, 1.165) is 27.3 Å². The van der Waals surface area contributed by atoms with Crippen molar-refractivity contribution >= 4 is 47.5 Å². The number of rotatable bonds is 4. The maximum atomic E-state index is 9.00. The van der Waals surface area contributed by atoms with Gasteiger partial charge in [0.05, 0.1) is 6.61 Å². The van der Waals surface area contributed by atoms with Gasteiger partial charge in [-0.25, -0.2) is 0 Å². The van der Waals surface area contributed by atoms with Gasteiger partial charge in [-0.3, -0.25) is 14.4 Å². The molecule has 20 heavy (non-hydrogen) atoms. The van der Waals surface area contributed by atoms with Gasteiger partial charge in [-0.1, -0.05) is 0 Å². The van der Waals surface area contributed by atoms with Gasteiger partial charge in [-0.2, -0.15) is 0 Å². The summed E-state index contributed by atoms with van der Waals surface area (Å²) >= 11 is 0. The second kappa shape index (κ2) is 31.0. The Balaban J connectivity index is -0.0000000512. The van der Waals surface area contributed by atoms with Crippen LogP contribution in [0.4, 0.5) is 0 Å². The Morgan fingerprint density at radius 1 is 0.900 bits per heavy atom. The molecule has 0 aromatic rings. The minimum atomic E-state index is -0.833. The number of nitrogens with two attached hydrogens (primary N) is 1. The maximum Gasteiger partial charge on any atom is 0.300 e. The number of aliphatic hydroxyl groups excluding tert-OH is 1. The van der Waals surface area contributed by atoms with E-state index in [4.69, 9.17) is 40.5 Å². The fourth-order valence-electron chi connectivity index (χ4n) is 0.306. The van der Waals surface area contributed by atoms with Crippen LogP contribution in [-0.4, -0.2) is 94.1 Å². The second-order valence-corrected chi connectivity index (χ2v) is 2.82. The quantitative estimate of drug-likeness (QED) is 0.265. The molecule has 0 saturated carbocycles. The van der Waals surface area contributed by atoms with Crippen LogP contribution in [0.3, 0.4) is 0 Å². The van der Waals surface area contributed by atoms with Crippen LogP contribution in [0.5, 0.6) is 0 Å². The molecule has 0 bridgehead atoms. The fourth-order valence-corrected chi connectivity index (χ4v) is 0.306. The fraction of sp³-hybridized carbons (Fsp3) is 0.700. The molecular formula is C10H24N2NaO7. The summed E-state index contributed by atoms with van der Waals surface area (Å²) in [5.41, 5.74) is 5.13. The average molecular weight is 307 g/mol. The van der Waals surface area contributed by atoms with E-state index in [0.29, 0.717) is 13.1 Å². The molecule has 0 aliphatic carbocycles. The molecule has 0 rings (SSSR count). The zero-order valence-electron chi connectivity index (χ0n) is 12.4. The van der Waals surface area contributed by atoms with E-state index < -0.39 is 17.9 Å². The Kier molecular flexibility index (Phi) is 48.9. The molecule has 0 spiro atoms. The van der Waals surface area contributed by atoms with Crippen LogP contribution in [0, 0.1) is 0 Å². The molecule has 0 fully saturated rings. The summed E-state index contributed by atoms with van der Waals surface area (Å²) in [5, 5.41) is 33.3. The molecular weight excluding hydrogens is 283 g/mol. The van der Waals surface area contributed by atoms with Crippen molar-refractivity contribution in [1.82, 2.24) is 5.32 Å². The summed E-state index contributed by atoms with van der Waals surface area (Å²) in [5.74, 6) is -2.50. The Labute approximate surface area is 140 Å². The number of carboxylic acids is 3. The number of aliphatic carboxylic acids is 3. The molecule has 1 radical (unpaired) electrons. The number of carboxylic acid groups (broad SMARTS) is 3. The molecule has 0 aromatic heterocycles. The summed E-state index contributed by atoms with van der Waals surface area (Å²) in [4.78, 5) is 27.0. The van der Waals surface area contributed by atoms with E-state index in [2.05, 4.69) is 5.32 Å². The summed E-state index contributed by atoms with van der Waals surface area (Å²) < 4.78 is 0. The molecule has 7 N–H and O–H groups in total. The van der Waals surface area contributed by atoms with Crippen molar-refractivity contribution in [2.45, 2.75) is 20.8 Å². The van der Waals surface area contributed by atoms with E-state index in [1.807, 2.05) is 0 Å². The molecule has 0 heterocycles. The monoisotopic (exact) mass is 307 g/mol. The first kappa shape index (κ1) is 31.6. The zero-order valence-corrected chi connectivity index (χ0v) is 14.4. The van der Waals surface area contributed by atoms with Crippen molar-refractivity contribution in [3.63, 3.8) is 0 Å². The van der Waals surface area contributed by atoms with Crippen molar-refractivity contribution in [3.05, 3.63) is 0 Å². The van der Waals surface area contributed by atoms with E-state index in [-0.39, 0.29) is 36.2 Å². The van der Waals surface area contributed by atoms with Crippen molar-refractivity contribution < 1.29 is 34.8 Å². The van der Waals surface area contributed by atoms with Crippen LogP contribution in [0.2, 0.25) is 0 Å². The molecule has 0 aromatic carbocycles. The van der Waals surface area contributed by atoms with Crippen LogP contribution in [-0.2, 0) is 14.4 Å². The summed E-state index contributed by atoms with van der Waals surface area (Å²) in [7, 11) is 0. The normalized spacial score (nSPS) is 7.05. The SMILES string of the molecule is CC(=O)O.CC(=O)O.CC(=O)O.NCCNCCO.[Na]. The standard InChI is InChI=1S/C4H12N2O.3C2H4O2.Na/c5-1-2-6-3-4-7;3*1-2(3)4;/h6-7H,1-5H2;3*1H3,(H,3,4);. The van der Waals surface area contributed by atoms with E-state index in [1.54, 1.807) is 0 Å². The van der Waals surface area contributed by atoms with Gasteiger partial charge in [0.1, 0.15) is 0 Å². The van der Waals surface area contributed by atoms with Gasteiger partial charge in [-0.05, 0) is 0 Å². The van der Waals surface area contributed by atoms with Gasteiger partial charge in [-0.15, -0.1) is 0 Å². The molecule has 117 valence electrons. The third-order valence-corrected chi connectivity index (χ3v) is 0.610. The molecule has 0 aliphatic heterocycles. The average Bonchev–Trinajstić information content (AvgIpc) is 2.15. The first-order chi connectivity index (χ1) is 8.61. The third-order valence-electron chi connectivity index (χ3n) is 0.610. The molecule has 0 amide bonds. The van der Waals surface area contributed by atoms with Crippen LogP contribution < -0.4 is 11.1 Å². The predicted molar refractivity (Wildman–Crippen MR) is 74.7 cm³/mol. The van der Waals surface area contributed by atoms with Gasteiger partial charge < -0.3 is 31.5 Å². The molecule has 0 saturated heterocycles. The molecule has 10 heteroatoms. The summed E-state index contributed by atoms with van der Waals surface area (Å²) in [6.45, 7) is 5.53. The van der Waals surface area contributed by atoms with Gasteiger partial charge in [0, 0.05) is 70.0 Å². The molecule has 0 aliphatic rings. The molecule has 0 unspecified atom stereocenters. The number of carbonyl (C=O) groups is 3. The van der Waals surface area contributed by atoms with E-state index >= 15 is 0 Å². The van der Waals surface area contributed by atoms with Crippen LogP contribution >= 0.6 is 0 Å². The number of hydrogen-bond acceptors (Lipinski definition) is 6. The van der Waals surface area contributed by atoms with Crippen LogP contribution in [0.25, 0.3) is 0 Å². The van der Waals surface area contributed by atoms with Crippen molar-refractivity contribution in [3.8, 4) is 0 Å². The topological polar surface area (TPSA) is 170 Å². The Morgan fingerprint density at radius 3 is 1.30 bits per heavy atom. The maximum absolute atomic E-state index is 9.00. The Hall–Kier alpha value is -0.710. The minimum Gasteiger partial charge on any atom is -0.481 e. The second-order valence-electron chi connectivity index (χ2n) is 2.82. The van der Waals surface area contributed by atoms with Gasteiger partial charge in [0.2, 0.25) is 0 Å². The van der Waals surface area contributed by atoms with Crippen LogP contribution in [0.15, 0.2) is 0 Å². The van der Waals surface area contributed by atoms with Crippen molar-refractivity contribution in [1.29, 1.82) is 0 Å². The number of hydrogen-bond donors (Lipinski definition) is 6. The number of aliphatic hydroxyl groups is 1. The smallest absolute Gasteiger partial charge is 0.300 e. The van der Waals surface area contributed by atoms with Gasteiger partial charge in [0.15, 0.2) is 0 Å². The third kappa shape index (κ3) is 424. The molecule has 0 atom stereocenters. The zero-order chi connectivity index (χ0) is 16.3. The summed E-state index contributed by atoms with van der Waals surface area (Å²) in [6.07, 6.45) is 0. The van der Waals surface area contributed by atoms with Crippen molar-refractivity contribution in [2.75, 3.05) is 26.2 Å². The van der Waals surface area contributed by atoms with E-state index in [1.165, 1.54) is 0 Å². The minimum absolute atomic E-state index is 0. The van der Waals surface area contributed by atoms with Crippen molar-refractivity contribution in [2.24, 2.45) is 5.73 Å². The first-order valence-corrected chi connectivity index (χ1v) is 5.21. The summed E-state index contributed by atoms with van der Waals surface area (Å²) in [6, 6.07) is 0. The predicted octanol–water partition coefficient (Wildman–Crippen LogP) is -1.58. The largest absolute Gasteiger partial charge is 0.481 e. The number of nitrogens with one attached hydrogen (secondary N) is 1. The Morgan fingerprint density at radius 2 is 1.15 bits per heavy atom. The van der Waals surface area contributed by atoms with Gasteiger partial charge in [0.25, 0.3) is 17.9 Å². The molecule has 9 nitrogen and oxygen atoms in total. The van der Waals surface area contributed by atoms with E-state index in [9.17, 15) is 0 Å². The Bertz CT molecular complexity index is 183. The van der Waals surface area contributed by atoms with Crippen LogP contribution in [0.1, 0.15) is 20.8 Å². The van der Waals surface area contributed by atoms with Gasteiger partial charge >= 0.3 is 0 Å². The first-order valence-electron chi connectivity index (χ1n) is 5.21.